The molecule has 2 aromatic rings. The zero-order valence-corrected chi connectivity index (χ0v) is 11.3. The maximum absolute atomic E-state index is 4.41. The van der Waals surface area contributed by atoms with Crippen LogP contribution in [0, 0.1) is 13.8 Å². The van der Waals surface area contributed by atoms with Crippen LogP contribution < -0.4 is 5.32 Å². The van der Waals surface area contributed by atoms with Gasteiger partial charge in [-0.15, -0.1) is 0 Å². The molecule has 0 aliphatic carbocycles. The number of aromatic nitrogens is 3. The van der Waals surface area contributed by atoms with Crippen LogP contribution >= 0.6 is 0 Å². The van der Waals surface area contributed by atoms with E-state index < -0.39 is 0 Å². The molecule has 0 fully saturated rings. The van der Waals surface area contributed by atoms with Crippen LogP contribution in [-0.2, 0) is 6.54 Å². The van der Waals surface area contributed by atoms with Crippen molar-refractivity contribution in [3.8, 4) is 5.82 Å². The van der Waals surface area contributed by atoms with Gasteiger partial charge in [-0.05, 0) is 44.5 Å². The minimum atomic E-state index is 0.885. The molecule has 0 atom stereocenters. The van der Waals surface area contributed by atoms with Crippen molar-refractivity contribution >= 4 is 0 Å². The molecular weight excluding hydrogens is 224 g/mol. The molecule has 0 amide bonds. The molecule has 0 unspecified atom stereocenters. The van der Waals surface area contributed by atoms with E-state index in [2.05, 4.69) is 35.2 Å². The number of hydrogen-bond donors (Lipinski definition) is 1. The lowest BCUT2D eigenvalue weighted by Crippen LogP contribution is -2.14. The van der Waals surface area contributed by atoms with Crippen molar-refractivity contribution in [3.05, 3.63) is 41.6 Å². The second-order valence-corrected chi connectivity index (χ2v) is 4.48. The number of hydrogen-bond acceptors (Lipinski definition) is 3. The van der Waals surface area contributed by atoms with Gasteiger partial charge in [-0.2, -0.15) is 0 Å². The number of imidazole rings is 1. The minimum absolute atomic E-state index is 0.885. The summed E-state index contributed by atoms with van der Waals surface area (Å²) >= 11 is 0. The highest BCUT2D eigenvalue weighted by atomic mass is 15.1. The summed E-state index contributed by atoms with van der Waals surface area (Å²) in [6, 6.07) is 4.15. The lowest BCUT2D eigenvalue weighted by Gasteiger charge is -2.07. The van der Waals surface area contributed by atoms with Crippen molar-refractivity contribution in [1.82, 2.24) is 19.9 Å². The SMILES string of the molecule is CCCNCc1ccnc(-n2cnc(C)c2C)c1. The van der Waals surface area contributed by atoms with E-state index in [-0.39, 0.29) is 0 Å². The van der Waals surface area contributed by atoms with Gasteiger partial charge in [0.25, 0.3) is 0 Å². The molecule has 0 spiro atoms. The van der Waals surface area contributed by atoms with Crippen molar-refractivity contribution in [1.29, 1.82) is 0 Å². The van der Waals surface area contributed by atoms with Crippen LogP contribution in [0.1, 0.15) is 30.3 Å². The fourth-order valence-corrected chi connectivity index (χ4v) is 1.84. The Morgan fingerprint density at radius 3 is 2.78 bits per heavy atom. The largest absolute Gasteiger partial charge is 0.313 e. The molecule has 0 saturated heterocycles. The van der Waals surface area contributed by atoms with E-state index in [0.29, 0.717) is 0 Å². The van der Waals surface area contributed by atoms with E-state index in [0.717, 1.165) is 36.7 Å². The summed E-state index contributed by atoms with van der Waals surface area (Å²) in [5, 5.41) is 3.40. The third kappa shape index (κ3) is 2.76. The van der Waals surface area contributed by atoms with E-state index in [1.807, 2.05) is 30.1 Å². The van der Waals surface area contributed by atoms with Gasteiger partial charge in [-0.3, -0.25) is 4.57 Å². The van der Waals surface area contributed by atoms with Crippen LogP contribution in [-0.4, -0.2) is 21.1 Å². The van der Waals surface area contributed by atoms with E-state index >= 15 is 0 Å². The van der Waals surface area contributed by atoms with Crippen molar-refractivity contribution in [2.24, 2.45) is 0 Å². The standard InChI is InChI=1S/C14H20N4/c1-4-6-15-9-13-5-7-16-14(8-13)18-10-17-11(2)12(18)3/h5,7-8,10,15H,4,6,9H2,1-3H3. The predicted octanol–water partition coefficient (Wildman–Crippen LogP) is 2.38. The Morgan fingerprint density at radius 2 is 2.11 bits per heavy atom. The van der Waals surface area contributed by atoms with Crippen molar-refractivity contribution in [2.75, 3.05) is 6.54 Å². The van der Waals surface area contributed by atoms with Gasteiger partial charge in [0.15, 0.2) is 0 Å². The van der Waals surface area contributed by atoms with Crippen molar-refractivity contribution in [2.45, 2.75) is 33.7 Å². The molecule has 2 aromatic heterocycles. The van der Waals surface area contributed by atoms with Gasteiger partial charge in [-0.1, -0.05) is 6.92 Å². The van der Waals surface area contributed by atoms with Crippen LogP contribution in [0.3, 0.4) is 0 Å². The molecule has 0 radical (unpaired) electrons. The van der Waals surface area contributed by atoms with Crippen LogP contribution in [0.2, 0.25) is 0 Å². The lowest BCUT2D eigenvalue weighted by atomic mass is 10.2. The summed E-state index contributed by atoms with van der Waals surface area (Å²) in [5.41, 5.74) is 3.44. The first-order valence-electron chi connectivity index (χ1n) is 6.39. The second-order valence-electron chi connectivity index (χ2n) is 4.48. The van der Waals surface area contributed by atoms with Crippen LogP contribution in [0.25, 0.3) is 5.82 Å². The summed E-state index contributed by atoms with van der Waals surface area (Å²) in [7, 11) is 0. The van der Waals surface area contributed by atoms with Crippen LogP contribution in [0.5, 0.6) is 0 Å². The molecule has 18 heavy (non-hydrogen) atoms. The maximum Gasteiger partial charge on any atom is 0.138 e. The molecule has 4 heteroatoms. The quantitative estimate of drug-likeness (QED) is 0.821. The van der Waals surface area contributed by atoms with Crippen molar-refractivity contribution < 1.29 is 0 Å². The Bertz CT molecular complexity index is 516. The highest BCUT2D eigenvalue weighted by Gasteiger charge is 2.05. The van der Waals surface area contributed by atoms with E-state index in [1.54, 1.807) is 0 Å². The van der Waals surface area contributed by atoms with Gasteiger partial charge in [0, 0.05) is 18.4 Å². The molecule has 1 N–H and O–H groups in total. The summed E-state index contributed by atoms with van der Waals surface area (Å²) in [5.74, 6) is 0.934. The zero-order valence-electron chi connectivity index (χ0n) is 11.3. The lowest BCUT2D eigenvalue weighted by molar-refractivity contribution is 0.674. The molecule has 2 rings (SSSR count). The molecule has 96 valence electrons. The summed E-state index contributed by atoms with van der Waals surface area (Å²) in [4.78, 5) is 8.71. The maximum atomic E-state index is 4.41. The highest BCUT2D eigenvalue weighted by Crippen LogP contribution is 2.12. The molecule has 0 saturated carbocycles. The highest BCUT2D eigenvalue weighted by molar-refractivity contribution is 5.31. The molecule has 0 aromatic carbocycles. The van der Waals surface area contributed by atoms with Gasteiger partial charge in [0.2, 0.25) is 0 Å². The van der Waals surface area contributed by atoms with Crippen LogP contribution in [0.4, 0.5) is 0 Å². The molecule has 2 heterocycles. The van der Waals surface area contributed by atoms with Gasteiger partial charge in [0.05, 0.1) is 5.69 Å². The first-order valence-corrected chi connectivity index (χ1v) is 6.39. The molecule has 0 bridgehead atoms. The molecular formula is C14H20N4. The van der Waals surface area contributed by atoms with Gasteiger partial charge in [0.1, 0.15) is 12.1 Å². The van der Waals surface area contributed by atoms with E-state index in [1.165, 1.54) is 5.56 Å². The first-order chi connectivity index (χ1) is 8.72. The van der Waals surface area contributed by atoms with Gasteiger partial charge >= 0.3 is 0 Å². The average Bonchev–Trinajstić information content (AvgIpc) is 2.71. The average molecular weight is 244 g/mol. The minimum Gasteiger partial charge on any atom is -0.313 e. The monoisotopic (exact) mass is 244 g/mol. The Morgan fingerprint density at radius 1 is 1.28 bits per heavy atom. The number of aryl methyl sites for hydroxylation is 1. The number of rotatable bonds is 5. The number of nitrogens with one attached hydrogen (secondary N) is 1. The van der Waals surface area contributed by atoms with E-state index in [4.69, 9.17) is 0 Å². The fourth-order valence-electron chi connectivity index (χ4n) is 1.84. The first kappa shape index (κ1) is 12.8. The number of nitrogens with zero attached hydrogens (tertiary/aromatic N) is 3. The van der Waals surface area contributed by atoms with Gasteiger partial charge < -0.3 is 5.32 Å². The van der Waals surface area contributed by atoms with Gasteiger partial charge in [-0.25, -0.2) is 9.97 Å². The third-order valence-corrected chi connectivity index (χ3v) is 3.06. The Labute approximate surface area is 108 Å². The Kier molecular flexibility index (Phi) is 4.10. The Balaban J connectivity index is 2.19. The molecule has 4 nitrogen and oxygen atoms in total. The van der Waals surface area contributed by atoms with E-state index in [9.17, 15) is 0 Å². The summed E-state index contributed by atoms with van der Waals surface area (Å²) in [6.45, 7) is 8.17. The summed E-state index contributed by atoms with van der Waals surface area (Å²) < 4.78 is 2.03. The number of pyridine rings is 1. The normalized spacial score (nSPS) is 10.8. The second kappa shape index (κ2) is 5.78. The predicted molar refractivity (Wildman–Crippen MR) is 72.8 cm³/mol. The van der Waals surface area contributed by atoms with Crippen LogP contribution in [0.15, 0.2) is 24.7 Å². The Hall–Kier alpha value is -1.68. The zero-order chi connectivity index (χ0) is 13.0. The molecule has 0 aliphatic rings. The molecule has 0 aliphatic heterocycles. The topological polar surface area (TPSA) is 42.7 Å². The fraction of sp³-hybridized carbons (Fsp3) is 0.429. The summed E-state index contributed by atoms with van der Waals surface area (Å²) in [6.07, 6.45) is 4.83. The van der Waals surface area contributed by atoms with Crippen molar-refractivity contribution in [3.63, 3.8) is 0 Å². The smallest absolute Gasteiger partial charge is 0.138 e. The third-order valence-electron chi connectivity index (χ3n) is 3.06.